The maximum Gasteiger partial charge on any atom is 0.161 e. The molecule has 1 aliphatic rings. The fourth-order valence-corrected chi connectivity index (χ4v) is 1.84. The highest BCUT2D eigenvalue weighted by molar-refractivity contribution is 5.40. The SMILES string of the molecule is Nc1cnn(C[C@H]2COc3ccccc3O2)c1. The highest BCUT2D eigenvalue weighted by Crippen LogP contribution is 2.31. The molecular weight excluding hydrogens is 218 g/mol. The van der Waals surface area contributed by atoms with Crippen molar-refractivity contribution in [1.82, 2.24) is 9.78 Å². The number of aromatic nitrogens is 2. The van der Waals surface area contributed by atoms with Crippen molar-refractivity contribution in [1.29, 1.82) is 0 Å². The largest absolute Gasteiger partial charge is 0.486 e. The summed E-state index contributed by atoms with van der Waals surface area (Å²) in [5.41, 5.74) is 6.26. The number of rotatable bonds is 2. The molecule has 0 amide bonds. The van der Waals surface area contributed by atoms with Crippen LogP contribution < -0.4 is 15.2 Å². The van der Waals surface area contributed by atoms with E-state index in [1.165, 1.54) is 0 Å². The molecule has 1 aromatic heterocycles. The Balaban J connectivity index is 1.72. The Labute approximate surface area is 98.8 Å². The summed E-state index contributed by atoms with van der Waals surface area (Å²) in [4.78, 5) is 0. The minimum absolute atomic E-state index is 0.0378. The summed E-state index contributed by atoms with van der Waals surface area (Å²) in [6.45, 7) is 1.16. The van der Waals surface area contributed by atoms with Crippen molar-refractivity contribution in [3.8, 4) is 11.5 Å². The molecule has 0 unspecified atom stereocenters. The highest BCUT2D eigenvalue weighted by Gasteiger charge is 2.21. The maximum absolute atomic E-state index is 5.82. The molecule has 0 saturated carbocycles. The zero-order chi connectivity index (χ0) is 11.7. The number of nitrogens with two attached hydrogens (primary N) is 1. The van der Waals surface area contributed by atoms with E-state index in [1.54, 1.807) is 17.1 Å². The van der Waals surface area contributed by atoms with E-state index < -0.39 is 0 Å². The molecule has 5 heteroatoms. The molecule has 88 valence electrons. The number of anilines is 1. The molecule has 1 aromatic carbocycles. The van der Waals surface area contributed by atoms with E-state index in [0.717, 1.165) is 11.5 Å². The van der Waals surface area contributed by atoms with Gasteiger partial charge in [-0.2, -0.15) is 5.10 Å². The summed E-state index contributed by atoms with van der Waals surface area (Å²) < 4.78 is 13.2. The molecule has 0 spiro atoms. The topological polar surface area (TPSA) is 62.3 Å². The predicted octanol–water partition coefficient (Wildman–Crippen LogP) is 1.31. The molecule has 1 aliphatic heterocycles. The van der Waals surface area contributed by atoms with Gasteiger partial charge in [-0.3, -0.25) is 4.68 Å². The average molecular weight is 231 g/mol. The minimum Gasteiger partial charge on any atom is -0.486 e. The molecule has 3 rings (SSSR count). The van der Waals surface area contributed by atoms with Gasteiger partial charge in [0.25, 0.3) is 0 Å². The molecule has 0 saturated heterocycles. The van der Waals surface area contributed by atoms with Crippen LogP contribution in [0.5, 0.6) is 11.5 Å². The summed E-state index contributed by atoms with van der Waals surface area (Å²) in [6.07, 6.45) is 3.37. The van der Waals surface area contributed by atoms with E-state index in [0.29, 0.717) is 18.8 Å². The highest BCUT2D eigenvalue weighted by atomic mass is 16.6. The predicted molar refractivity (Wildman–Crippen MR) is 63.0 cm³/mol. The van der Waals surface area contributed by atoms with Crippen LogP contribution in [0.25, 0.3) is 0 Å². The van der Waals surface area contributed by atoms with Gasteiger partial charge in [-0.1, -0.05) is 12.1 Å². The summed E-state index contributed by atoms with van der Waals surface area (Å²) in [5.74, 6) is 1.58. The minimum atomic E-state index is -0.0378. The number of nitrogens with zero attached hydrogens (tertiary/aromatic N) is 2. The van der Waals surface area contributed by atoms with Gasteiger partial charge in [0.05, 0.1) is 18.4 Å². The average Bonchev–Trinajstić information content (AvgIpc) is 2.75. The van der Waals surface area contributed by atoms with Crippen molar-refractivity contribution in [2.45, 2.75) is 12.6 Å². The number of ether oxygens (including phenoxy) is 2. The fourth-order valence-electron chi connectivity index (χ4n) is 1.84. The molecule has 1 atom stereocenters. The second-order valence-corrected chi connectivity index (χ2v) is 3.99. The number of para-hydroxylation sites is 2. The van der Waals surface area contributed by atoms with Gasteiger partial charge >= 0.3 is 0 Å². The van der Waals surface area contributed by atoms with Crippen molar-refractivity contribution >= 4 is 5.69 Å². The molecule has 2 heterocycles. The van der Waals surface area contributed by atoms with E-state index >= 15 is 0 Å². The van der Waals surface area contributed by atoms with Crippen LogP contribution in [0.2, 0.25) is 0 Å². The van der Waals surface area contributed by atoms with Gasteiger partial charge < -0.3 is 15.2 Å². The monoisotopic (exact) mass is 231 g/mol. The third kappa shape index (κ3) is 2.04. The Hall–Kier alpha value is -2.17. The second kappa shape index (κ2) is 4.01. The summed E-state index contributed by atoms with van der Waals surface area (Å²) >= 11 is 0. The number of hydrogen-bond acceptors (Lipinski definition) is 4. The Morgan fingerprint density at radius 3 is 2.94 bits per heavy atom. The molecular formula is C12H13N3O2. The first-order valence-corrected chi connectivity index (χ1v) is 5.48. The van der Waals surface area contributed by atoms with Crippen LogP contribution in [0.1, 0.15) is 0 Å². The van der Waals surface area contributed by atoms with Crippen LogP contribution in [-0.4, -0.2) is 22.5 Å². The van der Waals surface area contributed by atoms with Gasteiger partial charge in [-0.15, -0.1) is 0 Å². The Kier molecular flexibility index (Phi) is 2.36. The van der Waals surface area contributed by atoms with Crippen molar-refractivity contribution < 1.29 is 9.47 Å². The standard InChI is InChI=1S/C12H13N3O2/c13-9-5-14-15(6-9)7-10-8-16-11-3-1-2-4-12(11)17-10/h1-6,10H,7-8,13H2/t10-/m0/s1. The van der Waals surface area contributed by atoms with E-state index in [-0.39, 0.29) is 6.10 Å². The summed E-state index contributed by atoms with van der Waals surface area (Å²) in [6, 6.07) is 7.66. The lowest BCUT2D eigenvalue weighted by Crippen LogP contribution is -2.33. The van der Waals surface area contributed by atoms with Gasteiger partial charge in [0, 0.05) is 6.20 Å². The molecule has 0 radical (unpaired) electrons. The Bertz CT molecular complexity index is 524. The Morgan fingerprint density at radius 2 is 2.18 bits per heavy atom. The first-order valence-electron chi connectivity index (χ1n) is 5.48. The smallest absolute Gasteiger partial charge is 0.161 e. The van der Waals surface area contributed by atoms with Crippen molar-refractivity contribution in [3.63, 3.8) is 0 Å². The van der Waals surface area contributed by atoms with Crippen molar-refractivity contribution in [3.05, 3.63) is 36.7 Å². The second-order valence-electron chi connectivity index (χ2n) is 3.99. The molecule has 0 aliphatic carbocycles. The first-order chi connectivity index (χ1) is 8.31. The van der Waals surface area contributed by atoms with Gasteiger partial charge in [0.2, 0.25) is 0 Å². The van der Waals surface area contributed by atoms with E-state index in [4.69, 9.17) is 15.2 Å². The van der Waals surface area contributed by atoms with Crippen molar-refractivity contribution in [2.24, 2.45) is 0 Å². The molecule has 0 bridgehead atoms. The van der Waals surface area contributed by atoms with Crippen LogP contribution in [0.3, 0.4) is 0 Å². The first kappa shape index (κ1) is 10.0. The van der Waals surface area contributed by atoms with Gasteiger partial charge in [-0.05, 0) is 12.1 Å². The lowest BCUT2D eigenvalue weighted by molar-refractivity contribution is 0.0759. The molecule has 0 fully saturated rings. The Morgan fingerprint density at radius 1 is 1.35 bits per heavy atom. The fraction of sp³-hybridized carbons (Fsp3) is 0.250. The van der Waals surface area contributed by atoms with Crippen LogP contribution >= 0.6 is 0 Å². The van der Waals surface area contributed by atoms with Gasteiger partial charge in [0.15, 0.2) is 17.6 Å². The van der Waals surface area contributed by atoms with Crippen LogP contribution in [-0.2, 0) is 6.54 Å². The number of nitrogen functional groups attached to an aromatic ring is 1. The third-order valence-corrected chi connectivity index (χ3v) is 2.61. The summed E-state index contributed by atoms with van der Waals surface area (Å²) in [5, 5.41) is 4.12. The quantitative estimate of drug-likeness (QED) is 0.846. The normalized spacial score (nSPS) is 18.0. The third-order valence-electron chi connectivity index (χ3n) is 2.61. The number of hydrogen-bond donors (Lipinski definition) is 1. The van der Waals surface area contributed by atoms with Gasteiger partial charge in [0.1, 0.15) is 6.61 Å². The van der Waals surface area contributed by atoms with E-state index in [1.807, 2.05) is 24.3 Å². The number of fused-ring (bicyclic) bond motifs is 1. The molecule has 2 aromatic rings. The maximum atomic E-state index is 5.82. The lowest BCUT2D eigenvalue weighted by atomic mass is 10.2. The van der Waals surface area contributed by atoms with Crippen LogP contribution in [0.4, 0.5) is 5.69 Å². The zero-order valence-corrected chi connectivity index (χ0v) is 9.24. The van der Waals surface area contributed by atoms with E-state index in [2.05, 4.69) is 5.10 Å². The molecule has 5 nitrogen and oxygen atoms in total. The zero-order valence-electron chi connectivity index (χ0n) is 9.24. The van der Waals surface area contributed by atoms with Crippen molar-refractivity contribution in [2.75, 3.05) is 12.3 Å². The summed E-state index contributed by atoms with van der Waals surface area (Å²) in [7, 11) is 0. The van der Waals surface area contributed by atoms with E-state index in [9.17, 15) is 0 Å². The molecule has 17 heavy (non-hydrogen) atoms. The van der Waals surface area contributed by atoms with Crippen LogP contribution in [0.15, 0.2) is 36.7 Å². The number of benzene rings is 1. The lowest BCUT2D eigenvalue weighted by Gasteiger charge is -2.26. The molecule has 2 N–H and O–H groups in total. The van der Waals surface area contributed by atoms with Crippen LogP contribution in [0, 0.1) is 0 Å². The van der Waals surface area contributed by atoms with Gasteiger partial charge in [-0.25, -0.2) is 0 Å².